The lowest BCUT2D eigenvalue weighted by Gasteiger charge is -2.31. The Morgan fingerprint density at radius 2 is 2.19 bits per heavy atom. The summed E-state index contributed by atoms with van der Waals surface area (Å²) >= 11 is 6.24. The Bertz CT molecular complexity index is 478. The van der Waals surface area contributed by atoms with Crippen molar-refractivity contribution >= 4 is 17.6 Å². The van der Waals surface area contributed by atoms with Crippen LogP contribution >= 0.6 is 11.6 Å². The van der Waals surface area contributed by atoms with Crippen LogP contribution in [0.25, 0.3) is 0 Å². The lowest BCUT2D eigenvalue weighted by Crippen LogP contribution is -2.38. The van der Waals surface area contributed by atoms with Crippen LogP contribution in [0.4, 0.5) is 0 Å². The van der Waals surface area contributed by atoms with E-state index in [1.54, 1.807) is 0 Å². The van der Waals surface area contributed by atoms with Crippen molar-refractivity contribution in [1.82, 2.24) is 5.32 Å². The minimum Gasteiger partial charge on any atom is -0.466 e. The molecule has 1 aliphatic rings. The summed E-state index contributed by atoms with van der Waals surface area (Å²) in [5.41, 5.74) is 1.11. The van der Waals surface area contributed by atoms with E-state index in [0.29, 0.717) is 12.6 Å². The first-order chi connectivity index (χ1) is 10.1. The highest BCUT2D eigenvalue weighted by Crippen LogP contribution is 2.29. The molecule has 4 heteroatoms. The van der Waals surface area contributed by atoms with E-state index in [1.165, 1.54) is 0 Å². The molecule has 2 rings (SSSR count). The van der Waals surface area contributed by atoms with E-state index < -0.39 is 0 Å². The third-order valence-corrected chi connectivity index (χ3v) is 4.50. The molecule has 0 spiro atoms. The van der Waals surface area contributed by atoms with Gasteiger partial charge in [0.1, 0.15) is 0 Å². The van der Waals surface area contributed by atoms with Crippen LogP contribution in [0.1, 0.15) is 51.1 Å². The molecule has 1 saturated carbocycles. The van der Waals surface area contributed by atoms with Crippen LogP contribution < -0.4 is 5.32 Å². The molecule has 3 nitrogen and oxygen atoms in total. The molecule has 0 saturated heterocycles. The largest absolute Gasteiger partial charge is 0.466 e. The molecule has 116 valence electrons. The molecular weight excluding hydrogens is 286 g/mol. The first-order valence-electron chi connectivity index (χ1n) is 7.79. The predicted molar refractivity (Wildman–Crippen MR) is 85.4 cm³/mol. The van der Waals surface area contributed by atoms with Crippen molar-refractivity contribution in [3.8, 4) is 0 Å². The first kappa shape index (κ1) is 16.3. The number of hydrogen-bond acceptors (Lipinski definition) is 3. The Morgan fingerprint density at radius 1 is 1.43 bits per heavy atom. The van der Waals surface area contributed by atoms with E-state index in [9.17, 15) is 4.79 Å². The Balaban J connectivity index is 1.93. The quantitative estimate of drug-likeness (QED) is 0.832. The predicted octanol–water partition coefficient (Wildman–Crippen LogP) is 4.11. The van der Waals surface area contributed by atoms with Gasteiger partial charge < -0.3 is 10.1 Å². The second-order valence-corrected chi connectivity index (χ2v) is 6.13. The summed E-state index contributed by atoms with van der Waals surface area (Å²) in [7, 11) is 0. The number of carbonyl (C=O) groups is 1. The number of esters is 1. The Labute approximate surface area is 132 Å². The lowest BCUT2D eigenvalue weighted by molar-refractivity contribution is -0.149. The number of nitrogens with one attached hydrogen (secondary N) is 1. The van der Waals surface area contributed by atoms with Gasteiger partial charge >= 0.3 is 5.97 Å². The zero-order valence-electron chi connectivity index (χ0n) is 12.8. The molecular formula is C17H24ClNO2. The smallest absolute Gasteiger partial charge is 0.308 e. The molecule has 1 N–H and O–H groups in total. The maximum atomic E-state index is 11.9. The maximum Gasteiger partial charge on any atom is 0.308 e. The summed E-state index contributed by atoms with van der Waals surface area (Å²) in [5.74, 6) is -0.0101. The third-order valence-electron chi connectivity index (χ3n) is 4.15. The summed E-state index contributed by atoms with van der Waals surface area (Å²) in [4.78, 5) is 11.9. The van der Waals surface area contributed by atoms with Gasteiger partial charge in [0.15, 0.2) is 0 Å². The van der Waals surface area contributed by atoms with E-state index in [4.69, 9.17) is 16.3 Å². The second-order valence-electron chi connectivity index (χ2n) is 5.72. The van der Waals surface area contributed by atoms with Gasteiger partial charge in [-0.1, -0.05) is 36.2 Å². The summed E-state index contributed by atoms with van der Waals surface area (Å²) < 4.78 is 5.15. The van der Waals surface area contributed by atoms with Gasteiger partial charge in [0, 0.05) is 17.1 Å². The molecule has 1 aliphatic carbocycles. The molecule has 0 bridgehead atoms. The Hall–Kier alpha value is -1.06. The fourth-order valence-corrected chi connectivity index (χ4v) is 3.38. The first-order valence-corrected chi connectivity index (χ1v) is 8.16. The molecule has 1 fully saturated rings. The van der Waals surface area contributed by atoms with Gasteiger partial charge in [0.05, 0.1) is 12.5 Å². The lowest BCUT2D eigenvalue weighted by atomic mass is 9.85. The minimum atomic E-state index is -0.0469. The normalized spacial score (nSPS) is 23.6. The zero-order valence-corrected chi connectivity index (χ0v) is 13.5. The topological polar surface area (TPSA) is 38.3 Å². The Kier molecular flexibility index (Phi) is 6.07. The highest BCUT2D eigenvalue weighted by atomic mass is 35.5. The van der Waals surface area contributed by atoms with Crippen LogP contribution in [0.3, 0.4) is 0 Å². The maximum absolute atomic E-state index is 11.9. The molecule has 0 radical (unpaired) electrons. The van der Waals surface area contributed by atoms with Crippen molar-refractivity contribution < 1.29 is 9.53 Å². The molecule has 1 aromatic carbocycles. The molecule has 2 unspecified atom stereocenters. The fraction of sp³-hybridized carbons (Fsp3) is 0.588. The van der Waals surface area contributed by atoms with Gasteiger partial charge in [-0.15, -0.1) is 0 Å². The SMILES string of the molecule is CCOC(=O)C1CCCC(N[C@@H](C)c2ccccc2Cl)C1. The summed E-state index contributed by atoms with van der Waals surface area (Å²) in [6.45, 7) is 4.44. The molecule has 0 heterocycles. The molecule has 1 aromatic rings. The zero-order chi connectivity index (χ0) is 15.2. The average molecular weight is 310 g/mol. The Morgan fingerprint density at radius 3 is 2.90 bits per heavy atom. The number of hydrogen-bond donors (Lipinski definition) is 1. The average Bonchev–Trinajstić information content (AvgIpc) is 2.48. The van der Waals surface area contributed by atoms with Crippen LogP contribution in [0.5, 0.6) is 0 Å². The second kappa shape index (κ2) is 7.81. The van der Waals surface area contributed by atoms with Crippen LogP contribution in [0, 0.1) is 5.92 Å². The number of ether oxygens (including phenoxy) is 1. The van der Waals surface area contributed by atoms with E-state index in [2.05, 4.69) is 12.2 Å². The van der Waals surface area contributed by atoms with Crippen molar-refractivity contribution in [3.63, 3.8) is 0 Å². The standard InChI is InChI=1S/C17H24ClNO2/c1-3-21-17(20)13-7-6-8-14(11-13)19-12(2)15-9-4-5-10-16(15)18/h4-5,9-10,12-14,19H,3,6-8,11H2,1-2H3/t12-,13?,14?/m0/s1. The van der Waals surface area contributed by atoms with Gasteiger partial charge in [-0.05, 0) is 44.7 Å². The highest BCUT2D eigenvalue weighted by Gasteiger charge is 2.29. The van der Waals surface area contributed by atoms with Crippen molar-refractivity contribution in [2.45, 2.75) is 51.6 Å². The van der Waals surface area contributed by atoms with Crippen molar-refractivity contribution in [1.29, 1.82) is 0 Å². The van der Waals surface area contributed by atoms with Crippen LogP contribution in [-0.2, 0) is 9.53 Å². The third kappa shape index (κ3) is 4.45. The summed E-state index contributed by atoms with van der Waals surface area (Å²) in [6, 6.07) is 8.43. The van der Waals surface area contributed by atoms with Crippen LogP contribution in [0.2, 0.25) is 5.02 Å². The van der Waals surface area contributed by atoms with Gasteiger partial charge in [0.2, 0.25) is 0 Å². The van der Waals surface area contributed by atoms with Crippen LogP contribution in [0.15, 0.2) is 24.3 Å². The van der Waals surface area contributed by atoms with Crippen molar-refractivity contribution in [2.24, 2.45) is 5.92 Å². The van der Waals surface area contributed by atoms with E-state index >= 15 is 0 Å². The fourth-order valence-electron chi connectivity index (χ4n) is 3.08. The van der Waals surface area contributed by atoms with Crippen molar-refractivity contribution in [2.75, 3.05) is 6.61 Å². The monoisotopic (exact) mass is 309 g/mol. The molecule has 3 atom stereocenters. The number of benzene rings is 1. The summed E-state index contributed by atoms with van der Waals surface area (Å²) in [6.07, 6.45) is 3.96. The van der Waals surface area contributed by atoms with Gasteiger partial charge in [0.25, 0.3) is 0 Å². The minimum absolute atomic E-state index is 0.0367. The van der Waals surface area contributed by atoms with Gasteiger partial charge in [-0.2, -0.15) is 0 Å². The van der Waals surface area contributed by atoms with E-state index in [0.717, 1.165) is 36.3 Å². The van der Waals surface area contributed by atoms with Crippen LogP contribution in [-0.4, -0.2) is 18.6 Å². The highest BCUT2D eigenvalue weighted by molar-refractivity contribution is 6.31. The number of carbonyl (C=O) groups excluding carboxylic acids is 1. The van der Waals surface area contributed by atoms with Gasteiger partial charge in [-0.3, -0.25) is 4.79 Å². The molecule has 0 aromatic heterocycles. The van der Waals surface area contributed by atoms with E-state index in [-0.39, 0.29) is 17.9 Å². The number of rotatable bonds is 5. The molecule has 0 aliphatic heterocycles. The van der Waals surface area contributed by atoms with Crippen molar-refractivity contribution in [3.05, 3.63) is 34.9 Å². The van der Waals surface area contributed by atoms with E-state index in [1.807, 2.05) is 31.2 Å². The van der Waals surface area contributed by atoms with Gasteiger partial charge in [-0.25, -0.2) is 0 Å². The molecule has 0 amide bonds. The number of halogens is 1. The molecule has 21 heavy (non-hydrogen) atoms. The summed E-state index contributed by atoms with van der Waals surface area (Å²) in [5, 5.41) is 4.40.